The van der Waals surface area contributed by atoms with E-state index in [4.69, 9.17) is 4.74 Å². The molecule has 5 nitrogen and oxygen atoms in total. The van der Waals surface area contributed by atoms with E-state index in [1.807, 2.05) is 13.8 Å². The van der Waals surface area contributed by atoms with Gasteiger partial charge in [0.15, 0.2) is 9.84 Å². The van der Waals surface area contributed by atoms with E-state index in [0.717, 1.165) is 0 Å². The Bertz CT molecular complexity index is 364. The van der Waals surface area contributed by atoms with Crippen molar-refractivity contribution < 1.29 is 17.9 Å². The third-order valence-electron chi connectivity index (χ3n) is 2.63. The lowest BCUT2D eigenvalue weighted by atomic mass is 10.2. The summed E-state index contributed by atoms with van der Waals surface area (Å²) < 4.78 is 27.8. The second kappa shape index (κ2) is 5.82. The third-order valence-corrected chi connectivity index (χ3v) is 4.40. The van der Waals surface area contributed by atoms with Crippen molar-refractivity contribution in [1.29, 1.82) is 0 Å². The van der Waals surface area contributed by atoms with Gasteiger partial charge >= 0.3 is 0 Å². The molecule has 1 saturated heterocycles. The summed E-state index contributed by atoms with van der Waals surface area (Å²) >= 11 is 0. The summed E-state index contributed by atoms with van der Waals surface area (Å²) in [5.74, 6) is 0.360. The average molecular weight is 263 g/mol. The number of rotatable bonds is 5. The van der Waals surface area contributed by atoms with Gasteiger partial charge in [-0.1, -0.05) is 13.8 Å². The minimum atomic E-state index is -2.95. The van der Waals surface area contributed by atoms with Gasteiger partial charge in [0.05, 0.1) is 11.5 Å². The topological polar surface area (TPSA) is 72.5 Å². The summed E-state index contributed by atoms with van der Waals surface area (Å²) in [5.41, 5.74) is 0. The number of hydrogen-bond acceptors (Lipinski definition) is 4. The Morgan fingerprint density at radius 2 is 2.06 bits per heavy atom. The summed E-state index contributed by atoms with van der Waals surface area (Å²) in [6, 6.07) is -0.252. The van der Waals surface area contributed by atoms with E-state index in [2.05, 4.69) is 5.32 Å². The van der Waals surface area contributed by atoms with Gasteiger partial charge in [0.2, 0.25) is 5.91 Å². The Morgan fingerprint density at radius 1 is 1.41 bits per heavy atom. The SMILES string of the molecule is CC(C)CO[C@@H](C)C(=O)N[C@H]1CCS(=O)(=O)C1. The lowest BCUT2D eigenvalue weighted by Gasteiger charge is -2.17. The van der Waals surface area contributed by atoms with Gasteiger partial charge in [0.1, 0.15) is 6.10 Å². The Labute approximate surface area is 103 Å². The van der Waals surface area contributed by atoms with Gasteiger partial charge in [0, 0.05) is 12.6 Å². The number of amides is 1. The summed E-state index contributed by atoms with van der Waals surface area (Å²) in [6.45, 7) is 6.22. The highest BCUT2D eigenvalue weighted by molar-refractivity contribution is 7.91. The molecule has 0 aromatic rings. The Balaban J connectivity index is 2.34. The summed E-state index contributed by atoms with van der Waals surface area (Å²) in [7, 11) is -2.95. The third kappa shape index (κ3) is 5.04. The zero-order valence-electron chi connectivity index (χ0n) is 10.6. The molecule has 100 valence electrons. The standard InChI is InChI=1S/C11H21NO4S/c1-8(2)6-16-9(3)11(13)12-10-4-5-17(14,15)7-10/h8-10H,4-7H2,1-3H3,(H,12,13)/t9-,10-/m0/s1. The number of sulfone groups is 1. The van der Waals surface area contributed by atoms with Crippen molar-refractivity contribution in [2.45, 2.75) is 39.3 Å². The molecule has 1 fully saturated rings. The van der Waals surface area contributed by atoms with Crippen molar-refractivity contribution >= 4 is 15.7 Å². The van der Waals surface area contributed by atoms with Crippen LogP contribution in [0.2, 0.25) is 0 Å². The quantitative estimate of drug-likeness (QED) is 0.777. The minimum Gasteiger partial charge on any atom is -0.368 e. The Morgan fingerprint density at radius 3 is 2.53 bits per heavy atom. The Kier molecular flexibility index (Phi) is 4.94. The fourth-order valence-corrected chi connectivity index (χ4v) is 3.31. The van der Waals surface area contributed by atoms with E-state index in [0.29, 0.717) is 18.9 Å². The van der Waals surface area contributed by atoms with Crippen molar-refractivity contribution in [1.82, 2.24) is 5.32 Å². The molecule has 1 rings (SSSR count). The molecule has 1 aliphatic rings. The molecule has 6 heteroatoms. The molecule has 0 aromatic carbocycles. The molecule has 1 amide bonds. The lowest BCUT2D eigenvalue weighted by molar-refractivity contribution is -0.132. The highest BCUT2D eigenvalue weighted by atomic mass is 32.2. The lowest BCUT2D eigenvalue weighted by Crippen LogP contribution is -2.42. The molecule has 0 aromatic heterocycles. The van der Waals surface area contributed by atoms with Crippen molar-refractivity contribution in [2.75, 3.05) is 18.1 Å². The largest absolute Gasteiger partial charge is 0.368 e. The molecule has 0 saturated carbocycles. The molecule has 0 aliphatic carbocycles. The number of carbonyl (C=O) groups is 1. The normalized spacial score (nSPS) is 24.8. The molecular weight excluding hydrogens is 242 g/mol. The van der Waals surface area contributed by atoms with Gasteiger partial charge in [0.25, 0.3) is 0 Å². The van der Waals surface area contributed by atoms with Gasteiger partial charge in [-0.25, -0.2) is 8.42 Å². The predicted molar refractivity (Wildman–Crippen MR) is 65.5 cm³/mol. The van der Waals surface area contributed by atoms with E-state index in [1.165, 1.54) is 0 Å². The van der Waals surface area contributed by atoms with Gasteiger partial charge in [-0.05, 0) is 19.3 Å². The van der Waals surface area contributed by atoms with Crippen LogP contribution in [-0.4, -0.2) is 44.6 Å². The Hall–Kier alpha value is -0.620. The molecule has 0 radical (unpaired) electrons. The fraction of sp³-hybridized carbons (Fsp3) is 0.909. The van der Waals surface area contributed by atoms with Gasteiger partial charge in [-0.3, -0.25) is 4.79 Å². The van der Waals surface area contributed by atoms with Crippen molar-refractivity contribution in [3.63, 3.8) is 0 Å². The molecule has 1 N–H and O–H groups in total. The fourth-order valence-electron chi connectivity index (χ4n) is 1.64. The molecule has 17 heavy (non-hydrogen) atoms. The molecule has 0 spiro atoms. The molecule has 1 aliphatic heterocycles. The maximum absolute atomic E-state index is 11.7. The first-order valence-corrected chi connectivity index (χ1v) is 7.74. The van der Waals surface area contributed by atoms with Crippen LogP contribution in [0.4, 0.5) is 0 Å². The zero-order chi connectivity index (χ0) is 13.1. The summed E-state index contributed by atoms with van der Waals surface area (Å²) in [6.07, 6.45) is -0.0222. The summed E-state index contributed by atoms with van der Waals surface area (Å²) in [5, 5.41) is 2.71. The van der Waals surface area contributed by atoms with Crippen molar-refractivity contribution in [2.24, 2.45) is 5.92 Å². The van der Waals surface area contributed by atoms with E-state index in [1.54, 1.807) is 6.92 Å². The van der Waals surface area contributed by atoms with Crippen LogP contribution in [0.15, 0.2) is 0 Å². The molecule has 0 bridgehead atoms. The first kappa shape index (κ1) is 14.4. The van der Waals surface area contributed by atoms with E-state index in [9.17, 15) is 13.2 Å². The first-order chi connectivity index (χ1) is 7.80. The average Bonchev–Trinajstić information content (AvgIpc) is 2.54. The van der Waals surface area contributed by atoms with Gasteiger partial charge in [-0.2, -0.15) is 0 Å². The molecule has 1 heterocycles. The maximum atomic E-state index is 11.7. The van der Waals surface area contributed by atoms with Crippen LogP contribution in [0, 0.1) is 5.92 Å². The second-order valence-corrected chi connectivity index (χ2v) is 7.21. The monoisotopic (exact) mass is 263 g/mol. The molecular formula is C11H21NO4S. The number of carbonyl (C=O) groups excluding carboxylic acids is 1. The van der Waals surface area contributed by atoms with Crippen LogP contribution in [0.25, 0.3) is 0 Å². The van der Waals surface area contributed by atoms with Crippen LogP contribution in [0.3, 0.4) is 0 Å². The highest BCUT2D eigenvalue weighted by Crippen LogP contribution is 2.11. The number of hydrogen-bond donors (Lipinski definition) is 1. The van der Waals surface area contributed by atoms with E-state index in [-0.39, 0.29) is 23.5 Å². The minimum absolute atomic E-state index is 0.0512. The van der Waals surface area contributed by atoms with Crippen molar-refractivity contribution in [3.05, 3.63) is 0 Å². The van der Waals surface area contributed by atoms with E-state index >= 15 is 0 Å². The highest BCUT2D eigenvalue weighted by Gasteiger charge is 2.30. The van der Waals surface area contributed by atoms with Crippen LogP contribution in [0.5, 0.6) is 0 Å². The maximum Gasteiger partial charge on any atom is 0.249 e. The van der Waals surface area contributed by atoms with Crippen LogP contribution in [-0.2, 0) is 19.4 Å². The smallest absolute Gasteiger partial charge is 0.249 e. The second-order valence-electron chi connectivity index (χ2n) is 4.98. The van der Waals surface area contributed by atoms with Crippen molar-refractivity contribution in [3.8, 4) is 0 Å². The summed E-state index contributed by atoms with van der Waals surface area (Å²) in [4.78, 5) is 11.7. The van der Waals surface area contributed by atoms with Gasteiger partial charge < -0.3 is 10.1 Å². The van der Waals surface area contributed by atoms with Crippen LogP contribution in [0.1, 0.15) is 27.2 Å². The molecule has 0 unspecified atom stereocenters. The van der Waals surface area contributed by atoms with E-state index < -0.39 is 15.9 Å². The number of nitrogens with one attached hydrogen (secondary N) is 1. The molecule has 2 atom stereocenters. The first-order valence-electron chi connectivity index (χ1n) is 5.92. The number of ether oxygens (including phenoxy) is 1. The van der Waals surface area contributed by atoms with Crippen LogP contribution < -0.4 is 5.32 Å². The van der Waals surface area contributed by atoms with Crippen LogP contribution >= 0.6 is 0 Å². The van der Waals surface area contributed by atoms with Gasteiger partial charge in [-0.15, -0.1) is 0 Å². The predicted octanol–water partition coefficient (Wildman–Crippen LogP) is 0.351. The zero-order valence-corrected chi connectivity index (χ0v) is 11.4.